The first-order valence-corrected chi connectivity index (χ1v) is 8.35. The van der Waals surface area contributed by atoms with Crippen LogP contribution in [0.15, 0.2) is 72.8 Å². The Bertz CT molecular complexity index is 1140. The van der Waals surface area contributed by atoms with E-state index in [1.807, 2.05) is 12.1 Å². The first-order chi connectivity index (χ1) is 11.4. The molecule has 2 aromatic heterocycles. The minimum atomic E-state index is 0.973. The first-order valence-electron chi connectivity index (χ1n) is 7.53. The highest BCUT2D eigenvalue weighted by Gasteiger charge is 2.13. The third kappa shape index (κ3) is 1.94. The molecule has 5 rings (SSSR count). The van der Waals surface area contributed by atoms with Gasteiger partial charge in [-0.25, -0.2) is 9.97 Å². The minimum Gasteiger partial charge on any atom is -0.245 e. The van der Waals surface area contributed by atoms with Gasteiger partial charge in [-0.15, -0.1) is 11.3 Å². The van der Waals surface area contributed by atoms with E-state index in [-0.39, 0.29) is 0 Å². The van der Waals surface area contributed by atoms with Crippen LogP contribution in [-0.2, 0) is 0 Å². The van der Waals surface area contributed by atoms with Crippen LogP contribution in [0, 0.1) is 0 Å². The van der Waals surface area contributed by atoms with E-state index in [9.17, 15) is 0 Å². The van der Waals surface area contributed by atoms with Gasteiger partial charge < -0.3 is 0 Å². The fraction of sp³-hybridized carbons (Fsp3) is 0. The van der Waals surface area contributed by atoms with Crippen molar-refractivity contribution in [2.45, 2.75) is 0 Å². The smallest absolute Gasteiger partial charge is 0.143 e. The summed E-state index contributed by atoms with van der Waals surface area (Å²) in [4.78, 5) is 9.71. The molecule has 2 nitrogen and oxygen atoms in total. The zero-order chi connectivity index (χ0) is 15.2. The van der Waals surface area contributed by atoms with Gasteiger partial charge in [-0.3, -0.25) is 0 Å². The predicted molar refractivity (Wildman–Crippen MR) is 97.9 cm³/mol. The lowest BCUT2D eigenvalue weighted by Crippen LogP contribution is -1.88. The topological polar surface area (TPSA) is 25.8 Å². The molecule has 2 heterocycles. The second kappa shape index (κ2) is 4.86. The zero-order valence-electron chi connectivity index (χ0n) is 12.2. The minimum absolute atomic E-state index is 0.973. The highest BCUT2D eigenvalue weighted by molar-refractivity contribution is 7.21. The number of hydrogen-bond donors (Lipinski definition) is 0. The Morgan fingerprint density at radius 1 is 0.565 bits per heavy atom. The van der Waals surface area contributed by atoms with Crippen molar-refractivity contribution in [3.05, 3.63) is 72.8 Å². The standard InChI is InChI=1S/C20H12N2S/c1-2-9-15-13(7-1)14-8-3-4-10-16(14)21-19(15)20-22-17-11-5-6-12-18(17)23-20/h1-12H. The van der Waals surface area contributed by atoms with Gasteiger partial charge in [0.1, 0.15) is 10.7 Å². The largest absolute Gasteiger partial charge is 0.245 e. The molecule has 0 amide bonds. The van der Waals surface area contributed by atoms with Crippen molar-refractivity contribution in [1.82, 2.24) is 9.97 Å². The number of hydrogen-bond acceptors (Lipinski definition) is 3. The van der Waals surface area contributed by atoms with Crippen LogP contribution in [0.1, 0.15) is 0 Å². The summed E-state index contributed by atoms with van der Waals surface area (Å²) in [6.45, 7) is 0. The van der Waals surface area contributed by atoms with Gasteiger partial charge in [-0.2, -0.15) is 0 Å². The van der Waals surface area contributed by atoms with E-state index in [2.05, 4.69) is 60.7 Å². The fourth-order valence-electron chi connectivity index (χ4n) is 3.04. The van der Waals surface area contributed by atoms with Crippen LogP contribution in [0.3, 0.4) is 0 Å². The Morgan fingerprint density at radius 3 is 2.04 bits per heavy atom. The summed E-state index contributed by atoms with van der Waals surface area (Å²) in [5.41, 5.74) is 3.02. The van der Waals surface area contributed by atoms with Gasteiger partial charge in [-0.1, -0.05) is 54.6 Å². The summed E-state index contributed by atoms with van der Waals surface area (Å²) in [5, 5.41) is 4.55. The molecule has 0 saturated heterocycles. The van der Waals surface area contributed by atoms with Crippen LogP contribution < -0.4 is 0 Å². The van der Waals surface area contributed by atoms with Gasteiger partial charge in [0.05, 0.1) is 15.7 Å². The van der Waals surface area contributed by atoms with E-state index < -0.39 is 0 Å². The summed E-state index contributed by atoms with van der Waals surface area (Å²) in [6.07, 6.45) is 0. The van der Waals surface area contributed by atoms with Crippen LogP contribution in [0.5, 0.6) is 0 Å². The average Bonchev–Trinajstić information content (AvgIpc) is 3.05. The summed E-state index contributed by atoms with van der Waals surface area (Å²) in [5.74, 6) is 0. The maximum absolute atomic E-state index is 4.92. The monoisotopic (exact) mass is 312 g/mol. The molecule has 0 fully saturated rings. The predicted octanol–water partition coefficient (Wildman–Crippen LogP) is 5.66. The summed E-state index contributed by atoms with van der Waals surface area (Å²) in [6, 6.07) is 25.0. The number of benzene rings is 3. The van der Waals surface area contributed by atoms with Crippen LogP contribution in [0.25, 0.3) is 42.6 Å². The third-order valence-corrected chi connectivity index (χ3v) is 5.15. The number of para-hydroxylation sites is 2. The van der Waals surface area contributed by atoms with Crippen LogP contribution in [0.4, 0.5) is 0 Å². The molecule has 0 atom stereocenters. The maximum Gasteiger partial charge on any atom is 0.143 e. The average molecular weight is 312 g/mol. The van der Waals surface area contributed by atoms with Crippen molar-refractivity contribution in [2.75, 3.05) is 0 Å². The van der Waals surface area contributed by atoms with Gasteiger partial charge in [0, 0.05) is 10.8 Å². The van der Waals surface area contributed by atoms with E-state index in [4.69, 9.17) is 9.97 Å². The Kier molecular flexibility index (Phi) is 2.69. The third-order valence-electron chi connectivity index (χ3n) is 4.11. The molecule has 0 unspecified atom stereocenters. The van der Waals surface area contributed by atoms with Gasteiger partial charge in [0.25, 0.3) is 0 Å². The molecule has 0 radical (unpaired) electrons. The molecule has 0 aliphatic rings. The molecule has 5 aromatic rings. The zero-order valence-corrected chi connectivity index (χ0v) is 13.0. The van der Waals surface area contributed by atoms with E-state index in [0.717, 1.165) is 27.1 Å². The Balaban J connectivity index is 1.92. The molecule has 0 bridgehead atoms. The quantitative estimate of drug-likeness (QED) is 0.373. The normalized spacial score (nSPS) is 11.5. The molecule has 0 saturated carbocycles. The van der Waals surface area contributed by atoms with E-state index in [0.29, 0.717) is 0 Å². The second-order valence-electron chi connectivity index (χ2n) is 5.51. The van der Waals surface area contributed by atoms with Gasteiger partial charge >= 0.3 is 0 Å². The van der Waals surface area contributed by atoms with Crippen molar-refractivity contribution >= 4 is 43.2 Å². The molecule has 108 valence electrons. The maximum atomic E-state index is 4.92. The number of aromatic nitrogens is 2. The van der Waals surface area contributed by atoms with Crippen molar-refractivity contribution in [3.63, 3.8) is 0 Å². The molecule has 0 N–H and O–H groups in total. The Hall–Kier alpha value is -2.78. The van der Waals surface area contributed by atoms with Crippen molar-refractivity contribution in [2.24, 2.45) is 0 Å². The summed E-state index contributed by atoms with van der Waals surface area (Å²) >= 11 is 1.70. The lowest BCUT2D eigenvalue weighted by molar-refractivity contribution is 1.39. The summed E-state index contributed by atoms with van der Waals surface area (Å²) < 4.78 is 1.20. The van der Waals surface area contributed by atoms with Gasteiger partial charge in [0.15, 0.2) is 0 Å². The number of thiazole rings is 1. The molecule has 3 heteroatoms. The number of pyridine rings is 1. The number of rotatable bonds is 1. The lowest BCUT2D eigenvalue weighted by Gasteiger charge is -2.07. The number of fused-ring (bicyclic) bond motifs is 4. The van der Waals surface area contributed by atoms with E-state index in [1.165, 1.54) is 15.5 Å². The van der Waals surface area contributed by atoms with Crippen molar-refractivity contribution < 1.29 is 0 Å². The molecule has 23 heavy (non-hydrogen) atoms. The first kappa shape index (κ1) is 12.7. The van der Waals surface area contributed by atoms with E-state index >= 15 is 0 Å². The Labute approximate surface area is 137 Å². The molecular formula is C20H12N2S. The van der Waals surface area contributed by atoms with Crippen LogP contribution in [-0.4, -0.2) is 9.97 Å². The van der Waals surface area contributed by atoms with Crippen molar-refractivity contribution in [1.29, 1.82) is 0 Å². The second-order valence-corrected chi connectivity index (χ2v) is 6.54. The van der Waals surface area contributed by atoms with Crippen LogP contribution >= 0.6 is 11.3 Å². The van der Waals surface area contributed by atoms with E-state index in [1.54, 1.807) is 11.3 Å². The highest BCUT2D eigenvalue weighted by Crippen LogP contribution is 2.35. The van der Waals surface area contributed by atoms with Crippen LogP contribution in [0.2, 0.25) is 0 Å². The summed E-state index contributed by atoms with van der Waals surface area (Å²) in [7, 11) is 0. The fourth-order valence-corrected chi connectivity index (χ4v) is 4.01. The molecule has 0 aliphatic carbocycles. The van der Waals surface area contributed by atoms with Gasteiger partial charge in [0.2, 0.25) is 0 Å². The van der Waals surface area contributed by atoms with Crippen molar-refractivity contribution in [3.8, 4) is 10.7 Å². The molecule has 0 spiro atoms. The Morgan fingerprint density at radius 2 is 1.22 bits per heavy atom. The van der Waals surface area contributed by atoms with Gasteiger partial charge in [-0.05, 0) is 23.6 Å². The highest BCUT2D eigenvalue weighted by atomic mass is 32.1. The number of nitrogens with zero attached hydrogens (tertiary/aromatic N) is 2. The SMILES string of the molecule is c1ccc2sc(-c3nc4ccccc4c4ccccc34)nc2c1. The molecule has 3 aromatic carbocycles. The lowest BCUT2D eigenvalue weighted by atomic mass is 10.0. The molecular weight excluding hydrogens is 300 g/mol. The molecule has 0 aliphatic heterocycles.